The Bertz CT molecular complexity index is 581. The van der Waals surface area contributed by atoms with E-state index in [9.17, 15) is 4.79 Å². The molecule has 6 heteroatoms. The molecule has 0 aliphatic carbocycles. The standard InChI is InChI=1S/C10H7Cl2N3O/c11-7-8(13)9(12)14-15(10(7)16)6-4-2-1-3-5-6/h1-5H,13H2. The number of nitrogens with zero attached hydrogens (tertiary/aromatic N) is 2. The van der Waals surface area contributed by atoms with Crippen LogP contribution in [-0.4, -0.2) is 9.78 Å². The molecule has 2 rings (SSSR count). The Morgan fingerprint density at radius 1 is 1.19 bits per heavy atom. The molecular weight excluding hydrogens is 249 g/mol. The molecule has 1 heterocycles. The van der Waals surface area contributed by atoms with Crippen LogP contribution >= 0.6 is 23.2 Å². The number of hydrogen-bond acceptors (Lipinski definition) is 3. The summed E-state index contributed by atoms with van der Waals surface area (Å²) in [6.07, 6.45) is 0. The summed E-state index contributed by atoms with van der Waals surface area (Å²) in [5, 5.41) is 3.75. The highest BCUT2D eigenvalue weighted by atomic mass is 35.5. The van der Waals surface area contributed by atoms with Crippen LogP contribution in [0.25, 0.3) is 5.69 Å². The maximum Gasteiger partial charge on any atom is 0.292 e. The molecule has 1 aromatic carbocycles. The van der Waals surface area contributed by atoms with E-state index in [0.717, 1.165) is 4.68 Å². The third kappa shape index (κ3) is 1.77. The first-order valence-corrected chi connectivity index (χ1v) is 5.16. The van der Waals surface area contributed by atoms with Gasteiger partial charge in [0.25, 0.3) is 5.56 Å². The Balaban J connectivity index is 2.73. The second-order valence-corrected chi connectivity index (χ2v) is 3.81. The lowest BCUT2D eigenvalue weighted by Crippen LogP contribution is -2.23. The highest BCUT2D eigenvalue weighted by Gasteiger charge is 2.12. The monoisotopic (exact) mass is 255 g/mol. The molecule has 0 radical (unpaired) electrons. The van der Waals surface area contributed by atoms with Crippen LogP contribution in [-0.2, 0) is 0 Å². The minimum absolute atomic E-state index is 0.000476. The minimum atomic E-state index is -0.491. The van der Waals surface area contributed by atoms with Crippen molar-refractivity contribution in [1.82, 2.24) is 9.78 Å². The van der Waals surface area contributed by atoms with Gasteiger partial charge in [-0.3, -0.25) is 4.79 Å². The van der Waals surface area contributed by atoms with E-state index in [1.165, 1.54) is 0 Å². The molecule has 0 spiro atoms. The Morgan fingerprint density at radius 3 is 2.44 bits per heavy atom. The number of anilines is 1. The lowest BCUT2D eigenvalue weighted by Gasteiger charge is -2.07. The Hall–Kier alpha value is -1.52. The molecular formula is C10H7Cl2N3O. The van der Waals surface area contributed by atoms with E-state index in [-0.39, 0.29) is 15.9 Å². The lowest BCUT2D eigenvalue weighted by atomic mass is 10.3. The van der Waals surface area contributed by atoms with Crippen LogP contribution in [0.1, 0.15) is 0 Å². The minimum Gasteiger partial charge on any atom is -0.395 e. The van der Waals surface area contributed by atoms with E-state index in [0.29, 0.717) is 5.69 Å². The van der Waals surface area contributed by atoms with E-state index in [2.05, 4.69) is 5.10 Å². The summed E-state index contributed by atoms with van der Waals surface area (Å²) >= 11 is 11.5. The first kappa shape index (κ1) is 11.0. The lowest BCUT2D eigenvalue weighted by molar-refractivity contribution is 0.810. The fraction of sp³-hybridized carbons (Fsp3) is 0. The summed E-state index contributed by atoms with van der Waals surface area (Å²) in [6, 6.07) is 8.83. The summed E-state index contributed by atoms with van der Waals surface area (Å²) in [7, 11) is 0. The van der Waals surface area contributed by atoms with Gasteiger partial charge in [-0.25, -0.2) is 0 Å². The molecule has 0 bridgehead atoms. The predicted molar refractivity (Wildman–Crippen MR) is 64.3 cm³/mol. The molecule has 0 amide bonds. The van der Waals surface area contributed by atoms with Crippen molar-refractivity contribution in [3.63, 3.8) is 0 Å². The van der Waals surface area contributed by atoms with Crippen molar-refractivity contribution in [2.45, 2.75) is 0 Å². The molecule has 0 fully saturated rings. The Labute approximate surface area is 101 Å². The molecule has 4 nitrogen and oxygen atoms in total. The first-order valence-electron chi connectivity index (χ1n) is 4.40. The highest BCUT2D eigenvalue weighted by Crippen LogP contribution is 2.21. The molecule has 82 valence electrons. The van der Waals surface area contributed by atoms with Crippen molar-refractivity contribution in [2.24, 2.45) is 0 Å². The molecule has 0 saturated carbocycles. The van der Waals surface area contributed by atoms with Gasteiger partial charge in [0.1, 0.15) is 5.02 Å². The maximum atomic E-state index is 11.8. The molecule has 0 aliphatic heterocycles. The summed E-state index contributed by atoms with van der Waals surface area (Å²) in [4.78, 5) is 11.8. The van der Waals surface area contributed by atoms with Crippen LogP contribution < -0.4 is 11.3 Å². The second-order valence-electron chi connectivity index (χ2n) is 3.07. The van der Waals surface area contributed by atoms with Gasteiger partial charge >= 0.3 is 0 Å². The number of benzene rings is 1. The summed E-state index contributed by atoms with van der Waals surface area (Å²) in [6.45, 7) is 0. The van der Waals surface area contributed by atoms with Crippen LogP contribution in [0.5, 0.6) is 0 Å². The zero-order valence-electron chi connectivity index (χ0n) is 8.02. The van der Waals surface area contributed by atoms with Gasteiger partial charge in [-0.2, -0.15) is 9.78 Å². The van der Waals surface area contributed by atoms with Gasteiger partial charge in [-0.05, 0) is 12.1 Å². The molecule has 16 heavy (non-hydrogen) atoms. The van der Waals surface area contributed by atoms with Gasteiger partial charge in [0.15, 0.2) is 5.15 Å². The molecule has 0 unspecified atom stereocenters. The SMILES string of the molecule is Nc1c(Cl)nn(-c2ccccc2)c(=O)c1Cl. The fourth-order valence-corrected chi connectivity index (χ4v) is 1.62. The number of rotatable bonds is 1. The number of aromatic nitrogens is 2. The normalized spacial score (nSPS) is 10.4. The van der Waals surface area contributed by atoms with Crippen molar-refractivity contribution in [2.75, 3.05) is 5.73 Å². The van der Waals surface area contributed by atoms with Crippen molar-refractivity contribution < 1.29 is 0 Å². The number of halogens is 2. The zero-order valence-corrected chi connectivity index (χ0v) is 9.53. The topological polar surface area (TPSA) is 60.9 Å². The predicted octanol–water partition coefficient (Wildman–Crippen LogP) is 2.12. The average molecular weight is 256 g/mol. The van der Waals surface area contributed by atoms with E-state index in [1.807, 2.05) is 6.07 Å². The van der Waals surface area contributed by atoms with Crippen molar-refractivity contribution in [3.8, 4) is 5.69 Å². The van der Waals surface area contributed by atoms with Gasteiger partial charge in [0.2, 0.25) is 0 Å². The fourth-order valence-electron chi connectivity index (χ4n) is 1.23. The summed E-state index contributed by atoms with van der Waals surface area (Å²) in [5.74, 6) is 0. The van der Waals surface area contributed by atoms with Crippen LogP contribution in [0.15, 0.2) is 35.1 Å². The van der Waals surface area contributed by atoms with Crippen LogP contribution in [0.2, 0.25) is 10.2 Å². The zero-order chi connectivity index (χ0) is 11.7. The molecule has 0 aliphatic rings. The first-order chi connectivity index (χ1) is 7.61. The molecule has 2 N–H and O–H groups in total. The second kappa shape index (κ2) is 4.15. The van der Waals surface area contributed by atoms with Crippen molar-refractivity contribution >= 4 is 28.9 Å². The molecule has 1 aromatic heterocycles. The summed E-state index contributed by atoms with van der Waals surface area (Å²) < 4.78 is 1.11. The van der Waals surface area contributed by atoms with E-state index >= 15 is 0 Å². The Kier molecular flexibility index (Phi) is 2.85. The van der Waals surface area contributed by atoms with Crippen molar-refractivity contribution in [3.05, 3.63) is 50.9 Å². The third-order valence-corrected chi connectivity index (χ3v) is 2.67. The van der Waals surface area contributed by atoms with Crippen LogP contribution in [0, 0.1) is 0 Å². The smallest absolute Gasteiger partial charge is 0.292 e. The number of hydrogen-bond donors (Lipinski definition) is 1. The number of nitrogens with two attached hydrogens (primary N) is 1. The average Bonchev–Trinajstić information content (AvgIpc) is 2.32. The van der Waals surface area contributed by atoms with E-state index < -0.39 is 5.56 Å². The molecule has 0 atom stereocenters. The number of para-hydroxylation sites is 1. The highest BCUT2D eigenvalue weighted by molar-refractivity contribution is 6.37. The third-order valence-electron chi connectivity index (χ3n) is 2.03. The van der Waals surface area contributed by atoms with Gasteiger partial charge in [0.05, 0.1) is 11.4 Å². The molecule has 2 aromatic rings. The van der Waals surface area contributed by atoms with Crippen LogP contribution in [0.3, 0.4) is 0 Å². The maximum absolute atomic E-state index is 11.8. The Morgan fingerprint density at radius 2 is 1.81 bits per heavy atom. The molecule has 0 saturated heterocycles. The van der Waals surface area contributed by atoms with Gasteiger partial charge in [-0.15, -0.1) is 0 Å². The summed E-state index contributed by atoms with van der Waals surface area (Å²) in [5.41, 5.74) is 5.58. The van der Waals surface area contributed by atoms with Crippen LogP contribution in [0.4, 0.5) is 5.69 Å². The van der Waals surface area contributed by atoms with E-state index in [1.54, 1.807) is 24.3 Å². The number of nitrogen functional groups attached to an aromatic ring is 1. The largest absolute Gasteiger partial charge is 0.395 e. The van der Waals surface area contributed by atoms with E-state index in [4.69, 9.17) is 28.9 Å². The quantitative estimate of drug-likeness (QED) is 0.850. The van der Waals surface area contributed by atoms with Crippen molar-refractivity contribution in [1.29, 1.82) is 0 Å². The van der Waals surface area contributed by atoms with Gasteiger partial charge in [0, 0.05) is 0 Å². The van der Waals surface area contributed by atoms with Gasteiger partial charge in [-0.1, -0.05) is 41.4 Å². The van der Waals surface area contributed by atoms with Gasteiger partial charge < -0.3 is 5.73 Å².